The molecule has 0 aromatic carbocycles. The van der Waals surface area contributed by atoms with Gasteiger partial charge in [-0.15, -0.1) is 27.7 Å². The summed E-state index contributed by atoms with van der Waals surface area (Å²) in [4.78, 5) is 43.7. The van der Waals surface area contributed by atoms with Gasteiger partial charge in [0.15, 0.2) is 0 Å². The summed E-state index contributed by atoms with van der Waals surface area (Å²) < 4.78 is 15.5. The minimum absolute atomic E-state index is 0.0722. The van der Waals surface area contributed by atoms with Gasteiger partial charge in [0.05, 0.1) is 19.8 Å². The molecule has 29 heavy (non-hydrogen) atoms. The summed E-state index contributed by atoms with van der Waals surface area (Å²) in [7, 11) is 1.62. The third kappa shape index (κ3) is 5.94. The number of nitrogens with zero attached hydrogens (tertiary/aromatic N) is 1. The van der Waals surface area contributed by atoms with Crippen molar-refractivity contribution in [3.63, 3.8) is 0 Å². The molecule has 0 bridgehead atoms. The Bertz CT molecular complexity index is 844. The van der Waals surface area contributed by atoms with Crippen molar-refractivity contribution in [3.05, 3.63) is 34.0 Å². The van der Waals surface area contributed by atoms with Crippen LogP contribution in [0.15, 0.2) is 24.3 Å². The zero-order valence-corrected chi connectivity index (χ0v) is 17.5. The highest BCUT2D eigenvalue weighted by Crippen LogP contribution is 2.34. The van der Waals surface area contributed by atoms with E-state index in [2.05, 4.69) is 0 Å². The first-order valence-corrected chi connectivity index (χ1v) is 10.6. The number of amides is 2. The molecule has 156 valence electrons. The Morgan fingerprint density at radius 2 is 1.66 bits per heavy atom. The fraction of sp³-hybridized carbons (Fsp3) is 0.421. The average Bonchev–Trinajstić information content (AvgIpc) is 3.44. The molecule has 0 atom stereocenters. The van der Waals surface area contributed by atoms with Crippen molar-refractivity contribution in [3.8, 4) is 9.75 Å². The van der Waals surface area contributed by atoms with Gasteiger partial charge in [0.25, 0.3) is 11.8 Å². The first kappa shape index (κ1) is 21.6. The van der Waals surface area contributed by atoms with E-state index in [0.717, 1.165) is 21.1 Å². The van der Waals surface area contributed by atoms with Crippen LogP contribution in [0.4, 0.5) is 0 Å². The Labute approximate surface area is 175 Å². The SMILES string of the molecule is COCCOCOCCc1ccc(-c2ccc(C(=O)ON3C(=O)CCC3=O)s2)s1. The third-order valence-electron chi connectivity index (χ3n) is 3.98. The summed E-state index contributed by atoms with van der Waals surface area (Å²) in [6.45, 7) is 1.83. The fourth-order valence-electron chi connectivity index (χ4n) is 2.50. The van der Waals surface area contributed by atoms with Crippen LogP contribution in [0.5, 0.6) is 0 Å². The molecular formula is C19H21NO7S2. The van der Waals surface area contributed by atoms with Crippen LogP contribution in [-0.2, 0) is 35.1 Å². The second-order valence-corrected chi connectivity index (χ2v) is 8.32. The van der Waals surface area contributed by atoms with Crippen molar-refractivity contribution in [1.82, 2.24) is 5.06 Å². The standard InChI is InChI=1S/C19H21NO7S2/c1-24-10-11-26-12-25-9-8-13-2-3-14(28-13)15-4-5-16(29-15)19(23)27-20-17(21)6-7-18(20)22/h2-5H,6-12H2,1H3. The number of hydroxylamine groups is 2. The molecule has 3 heterocycles. The lowest BCUT2D eigenvalue weighted by molar-refractivity contribution is -0.172. The predicted octanol–water partition coefficient (Wildman–Crippen LogP) is 2.88. The highest BCUT2D eigenvalue weighted by Gasteiger charge is 2.33. The van der Waals surface area contributed by atoms with Gasteiger partial charge in [-0.1, -0.05) is 0 Å². The second kappa shape index (κ2) is 10.6. The Morgan fingerprint density at radius 3 is 2.41 bits per heavy atom. The minimum Gasteiger partial charge on any atom is -0.382 e. The monoisotopic (exact) mass is 439 g/mol. The van der Waals surface area contributed by atoms with Gasteiger partial charge in [-0.05, 0) is 24.3 Å². The summed E-state index contributed by atoms with van der Waals surface area (Å²) in [6, 6.07) is 7.47. The molecule has 0 saturated carbocycles. The van der Waals surface area contributed by atoms with E-state index in [-0.39, 0.29) is 19.6 Å². The molecule has 0 radical (unpaired) electrons. The van der Waals surface area contributed by atoms with Crippen LogP contribution in [0, 0.1) is 0 Å². The molecule has 0 unspecified atom stereocenters. The van der Waals surface area contributed by atoms with Crippen LogP contribution >= 0.6 is 22.7 Å². The maximum absolute atomic E-state index is 12.2. The molecule has 0 N–H and O–H groups in total. The number of carbonyl (C=O) groups excluding carboxylic acids is 3. The number of carbonyl (C=O) groups is 3. The molecule has 2 amide bonds. The van der Waals surface area contributed by atoms with E-state index in [9.17, 15) is 14.4 Å². The smallest absolute Gasteiger partial charge is 0.373 e. The Balaban J connectivity index is 1.48. The summed E-state index contributed by atoms with van der Waals surface area (Å²) in [5, 5.41) is 0.559. The third-order valence-corrected chi connectivity index (χ3v) is 6.39. The molecule has 1 aliphatic heterocycles. The molecule has 2 aromatic rings. The van der Waals surface area contributed by atoms with Crippen molar-refractivity contribution < 1.29 is 33.4 Å². The largest absolute Gasteiger partial charge is 0.382 e. The molecule has 3 rings (SSSR count). The summed E-state index contributed by atoms with van der Waals surface area (Å²) >= 11 is 2.87. The molecule has 1 fully saturated rings. The van der Waals surface area contributed by atoms with E-state index in [1.807, 2.05) is 18.2 Å². The number of hydrogen-bond donors (Lipinski definition) is 0. The van der Waals surface area contributed by atoms with Gasteiger partial charge < -0.3 is 19.0 Å². The van der Waals surface area contributed by atoms with Crippen LogP contribution in [0.1, 0.15) is 27.4 Å². The number of hydrogen-bond acceptors (Lipinski definition) is 9. The Morgan fingerprint density at radius 1 is 0.966 bits per heavy atom. The molecule has 1 saturated heterocycles. The lowest BCUT2D eigenvalue weighted by atomic mass is 10.3. The number of rotatable bonds is 11. The van der Waals surface area contributed by atoms with Crippen LogP contribution in [0.25, 0.3) is 9.75 Å². The number of imide groups is 1. The van der Waals surface area contributed by atoms with Crippen LogP contribution in [0.2, 0.25) is 0 Å². The summed E-state index contributed by atoms with van der Waals surface area (Å²) in [6.07, 6.45) is 0.906. The van der Waals surface area contributed by atoms with Crippen molar-refractivity contribution in [2.45, 2.75) is 19.3 Å². The summed E-state index contributed by atoms with van der Waals surface area (Å²) in [5.74, 6) is -1.69. The average molecular weight is 440 g/mol. The molecular weight excluding hydrogens is 418 g/mol. The zero-order valence-electron chi connectivity index (χ0n) is 15.9. The fourth-order valence-corrected chi connectivity index (χ4v) is 4.46. The highest BCUT2D eigenvalue weighted by molar-refractivity contribution is 7.23. The number of thiophene rings is 2. The van der Waals surface area contributed by atoms with Crippen LogP contribution in [-0.4, -0.2) is 56.6 Å². The molecule has 2 aromatic heterocycles. The van der Waals surface area contributed by atoms with E-state index in [1.165, 1.54) is 11.3 Å². The Kier molecular flexibility index (Phi) is 7.90. The first-order valence-electron chi connectivity index (χ1n) is 9.00. The van der Waals surface area contributed by atoms with E-state index in [1.54, 1.807) is 24.5 Å². The molecule has 0 spiro atoms. The van der Waals surface area contributed by atoms with Gasteiger partial charge in [0, 0.05) is 41.0 Å². The molecule has 1 aliphatic rings. The number of methoxy groups -OCH3 is 1. The molecule has 8 nitrogen and oxygen atoms in total. The molecule has 0 aliphatic carbocycles. The maximum atomic E-state index is 12.2. The van der Waals surface area contributed by atoms with Gasteiger partial charge in [0.2, 0.25) is 0 Å². The van der Waals surface area contributed by atoms with E-state index in [4.69, 9.17) is 19.0 Å². The maximum Gasteiger partial charge on any atom is 0.373 e. The van der Waals surface area contributed by atoms with E-state index < -0.39 is 17.8 Å². The van der Waals surface area contributed by atoms with Crippen molar-refractivity contribution >= 4 is 40.5 Å². The predicted molar refractivity (Wildman–Crippen MR) is 106 cm³/mol. The van der Waals surface area contributed by atoms with Gasteiger partial charge in [-0.25, -0.2) is 4.79 Å². The Hall–Kier alpha value is -2.11. The second-order valence-electron chi connectivity index (χ2n) is 6.07. The summed E-state index contributed by atoms with van der Waals surface area (Å²) in [5.41, 5.74) is 0. The quantitative estimate of drug-likeness (QED) is 0.302. The van der Waals surface area contributed by atoms with Gasteiger partial charge in [0.1, 0.15) is 11.7 Å². The van der Waals surface area contributed by atoms with Gasteiger partial charge in [-0.3, -0.25) is 9.59 Å². The normalized spacial score (nSPS) is 14.0. The van der Waals surface area contributed by atoms with Crippen molar-refractivity contribution in [2.75, 3.05) is 33.7 Å². The van der Waals surface area contributed by atoms with Crippen LogP contribution in [0.3, 0.4) is 0 Å². The van der Waals surface area contributed by atoms with E-state index in [0.29, 0.717) is 29.8 Å². The van der Waals surface area contributed by atoms with E-state index >= 15 is 0 Å². The van der Waals surface area contributed by atoms with Gasteiger partial charge >= 0.3 is 5.97 Å². The lowest BCUT2D eigenvalue weighted by Crippen LogP contribution is -2.31. The minimum atomic E-state index is -0.705. The highest BCUT2D eigenvalue weighted by atomic mass is 32.1. The van der Waals surface area contributed by atoms with Crippen LogP contribution < -0.4 is 0 Å². The topological polar surface area (TPSA) is 91.4 Å². The van der Waals surface area contributed by atoms with Crippen molar-refractivity contribution in [2.24, 2.45) is 0 Å². The first-order chi connectivity index (χ1) is 14.1. The lowest BCUT2D eigenvalue weighted by Gasteiger charge is -2.11. The molecule has 10 heteroatoms. The van der Waals surface area contributed by atoms with Crippen molar-refractivity contribution in [1.29, 1.82) is 0 Å². The van der Waals surface area contributed by atoms with Gasteiger partial charge in [-0.2, -0.15) is 0 Å². The zero-order chi connectivity index (χ0) is 20.6. The number of ether oxygens (including phenoxy) is 3.